The molecule has 1 heterocycles. The molecule has 2 atom stereocenters. The van der Waals surface area contributed by atoms with Crippen LogP contribution >= 0.6 is 11.3 Å². The van der Waals surface area contributed by atoms with Gasteiger partial charge < -0.3 is 5.32 Å². The van der Waals surface area contributed by atoms with Gasteiger partial charge in [0.1, 0.15) is 0 Å². The smallest absolute Gasteiger partial charge is 0.223 e. The van der Waals surface area contributed by atoms with Gasteiger partial charge in [-0.15, -0.1) is 11.3 Å². The number of nitrogens with zero attached hydrogens (tertiary/aromatic N) is 1. The molecule has 1 amide bonds. The van der Waals surface area contributed by atoms with E-state index in [0.717, 1.165) is 31.5 Å². The first kappa shape index (κ1) is 11.6. The lowest BCUT2D eigenvalue weighted by atomic mass is 10.3. The summed E-state index contributed by atoms with van der Waals surface area (Å²) in [5.41, 5.74) is 1.10. The van der Waals surface area contributed by atoms with Crippen molar-refractivity contribution in [2.24, 2.45) is 11.8 Å². The third-order valence-corrected chi connectivity index (χ3v) is 4.07. The topological polar surface area (TPSA) is 42.0 Å². The fraction of sp³-hybridized carbons (Fsp3) is 0.667. The molecule has 1 aromatic rings. The summed E-state index contributed by atoms with van der Waals surface area (Å²) in [6.07, 6.45) is 2.91. The number of hydrogen-bond acceptors (Lipinski definition) is 3. The summed E-state index contributed by atoms with van der Waals surface area (Å²) >= 11 is 1.70. The predicted molar refractivity (Wildman–Crippen MR) is 65.5 cm³/mol. The third kappa shape index (κ3) is 2.82. The summed E-state index contributed by atoms with van der Waals surface area (Å²) in [6.45, 7) is 4.95. The highest BCUT2D eigenvalue weighted by molar-refractivity contribution is 7.09. The van der Waals surface area contributed by atoms with Gasteiger partial charge in [-0.25, -0.2) is 4.98 Å². The summed E-state index contributed by atoms with van der Waals surface area (Å²) in [4.78, 5) is 16.0. The van der Waals surface area contributed by atoms with Crippen molar-refractivity contribution in [1.29, 1.82) is 0 Å². The van der Waals surface area contributed by atoms with Crippen molar-refractivity contribution in [3.05, 3.63) is 16.1 Å². The van der Waals surface area contributed by atoms with Gasteiger partial charge in [0.05, 0.1) is 10.7 Å². The molecule has 0 aromatic carbocycles. The van der Waals surface area contributed by atoms with E-state index in [1.165, 1.54) is 5.01 Å². The highest BCUT2D eigenvalue weighted by Gasteiger charge is 2.38. The van der Waals surface area contributed by atoms with E-state index in [-0.39, 0.29) is 11.8 Å². The first-order chi connectivity index (χ1) is 7.70. The Morgan fingerprint density at radius 3 is 3.00 bits per heavy atom. The Hall–Kier alpha value is -0.900. The maximum atomic E-state index is 11.5. The molecule has 1 aliphatic carbocycles. The minimum absolute atomic E-state index is 0.221. The van der Waals surface area contributed by atoms with Crippen molar-refractivity contribution in [3.63, 3.8) is 0 Å². The molecule has 0 unspecified atom stereocenters. The van der Waals surface area contributed by atoms with E-state index in [4.69, 9.17) is 0 Å². The standard InChI is InChI=1S/C12H18N2OS/c1-3-11-14-9(7-16-11)4-5-13-12(15)10-6-8(10)2/h7-8,10H,3-6H2,1-2H3,(H,13,15)/t8-,10+/m0/s1. The number of aromatic nitrogens is 1. The summed E-state index contributed by atoms with van der Waals surface area (Å²) in [5.74, 6) is 1.09. The van der Waals surface area contributed by atoms with Crippen molar-refractivity contribution in [2.75, 3.05) is 6.54 Å². The van der Waals surface area contributed by atoms with Crippen LogP contribution in [0, 0.1) is 11.8 Å². The van der Waals surface area contributed by atoms with E-state index in [9.17, 15) is 4.79 Å². The molecule has 1 aliphatic rings. The molecule has 0 bridgehead atoms. The summed E-state index contributed by atoms with van der Waals surface area (Å²) in [7, 11) is 0. The van der Waals surface area contributed by atoms with Crippen LogP contribution in [0.25, 0.3) is 0 Å². The first-order valence-electron chi connectivity index (χ1n) is 5.91. The summed E-state index contributed by atoms with van der Waals surface area (Å²) < 4.78 is 0. The second-order valence-corrected chi connectivity index (χ2v) is 5.39. The van der Waals surface area contributed by atoms with Crippen LogP contribution in [0.5, 0.6) is 0 Å². The van der Waals surface area contributed by atoms with Gasteiger partial charge in [0.2, 0.25) is 5.91 Å². The molecule has 0 radical (unpaired) electrons. The van der Waals surface area contributed by atoms with Crippen LogP contribution in [0.4, 0.5) is 0 Å². The molecule has 4 heteroatoms. The number of carbonyl (C=O) groups is 1. The zero-order valence-corrected chi connectivity index (χ0v) is 10.6. The van der Waals surface area contributed by atoms with Crippen LogP contribution in [0.2, 0.25) is 0 Å². The molecule has 1 saturated carbocycles. The zero-order chi connectivity index (χ0) is 11.5. The van der Waals surface area contributed by atoms with Crippen LogP contribution in [-0.4, -0.2) is 17.4 Å². The average molecular weight is 238 g/mol. The molecular formula is C12H18N2OS. The molecule has 0 saturated heterocycles. The number of nitrogens with one attached hydrogen (secondary N) is 1. The van der Waals surface area contributed by atoms with Gasteiger partial charge in [0.25, 0.3) is 0 Å². The molecule has 1 N–H and O–H groups in total. The molecule has 16 heavy (non-hydrogen) atoms. The molecule has 0 spiro atoms. The fourth-order valence-corrected chi connectivity index (χ4v) is 2.54. The van der Waals surface area contributed by atoms with E-state index < -0.39 is 0 Å². The van der Waals surface area contributed by atoms with E-state index in [2.05, 4.69) is 29.5 Å². The lowest BCUT2D eigenvalue weighted by Gasteiger charge is -2.02. The minimum Gasteiger partial charge on any atom is -0.355 e. The largest absolute Gasteiger partial charge is 0.355 e. The first-order valence-corrected chi connectivity index (χ1v) is 6.79. The van der Waals surface area contributed by atoms with Gasteiger partial charge in [0.15, 0.2) is 0 Å². The molecule has 3 nitrogen and oxygen atoms in total. The Kier molecular flexibility index (Phi) is 3.59. The van der Waals surface area contributed by atoms with Gasteiger partial charge >= 0.3 is 0 Å². The van der Waals surface area contributed by atoms with Gasteiger partial charge in [-0.3, -0.25) is 4.79 Å². The summed E-state index contributed by atoms with van der Waals surface area (Å²) in [5, 5.41) is 6.24. The van der Waals surface area contributed by atoms with Crippen molar-refractivity contribution < 1.29 is 4.79 Å². The van der Waals surface area contributed by atoms with Crippen LogP contribution in [0.1, 0.15) is 31.0 Å². The Bertz CT molecular complexity index is 375. The fourth-order valence-electron chi connectivity index (χ4n) is 1.76. The van der Waals surface area contributed by atoms with E-state index in [1.54, 1.807) is 11.3 Å². The Morgan fingerprint density at radius 2 is 2.44 bits per heavy atom. The van der Waals surface area contributed by atoms with Crippen molar-refractivity contribution in [3.8, 4) is 0 Å². The van der Waals surface area contributed by atoms with Gasteiger partial charge in [-0.1, -0.05) is 13.8 Å². The van der Waals surface area contributed by atoms with E-state index in [0.29, 0.717) is 5.92 Å². The molecule has 1 aromatic heterocycles. The third-order valence-electron chi connectivity index (χ3n) is 3.03. The Balaban J connectivity index is 1.69. The van der Waals surface area contributed by atoms with Crippen LogP contribution in [0.15, 0.2) is 5.38 Å². The number of carbonyl (C=O) groups excluding carboxylic acids is 1. The number of amides is 1. The van der Waals surface area contributed by atoms with Crippen molar-refractivity contribution in [2.45, 2.75) is 33.1 Å². The number of hydrogen-bond donors (Lipinski definition) is 1. The van der Waals surface area contributed by atoms with Crippen molar-refractivity contribution >= 4 is 17.2 Å². The van der Waals surface area contributed by atoms with Crippen LogP contribution < -0.4 is 5.32 Å². The van der Waals surface area contributed by atoms with Crippen LogP contribution in [0.3, 0.4) is 0 Å². The highest BCUT2D eigenvalue weighted by atomic mass is 32.1. The number of rotatable bonds is 5. The lowest BCUT2D eigenvalue weighted by molar-refractivity contribution is -0.122. The van der Waals surface area contributed by atoms with Gasteiger partial charge in [-0.2, -0.15) is 0 Å². The Morgan fingerprint density at radius 1 is 1.69 bits per heavy atom. The SMILES string of the molecule is CCc1nc(CCNC(=O)[C@@H]2C[C@@H]2C)cs1. The maximum absolute atomic E-state index is 11.5. The van der Waals surface area contributed by atoms with Crippen LogP contribution in [-0.2, 0) is 17.6 Å². The second kappa shape index (κ2) is 4.95. The van der Waals surface area contributed by atoms with E-state index >= 15 is 0 Å². The van der Waals surface area contributed by atoms with Crippen molar-refractivity contribution in [1.82, 2.24) is 10.3 Å². The molecule has 1 fully saturated rings. The lowest BCUT2D eigenvalue weighted by Crippen LogP contribution is -2.27. The average Bonchev–Trinajstić information content (AvgIpc) is 2.83. The monoisotopic (exact) mass is 238 g/mol. The second-order valence-electron chi connectivity index (χ2n) is 4.45. The maximum Gasteiger partial charge on any atom is 0.223 e. The van der Waals surface area contributed by atoms with Gasteiger partial charge in [0, 0.05) is 24.3 Å². The predicted octanol–water partition coefficient (Wildman–Crippen LogP) is 2.02. The number of aryl methyl sites for hydroxylation is 1. The Labute approximate surface area is 100 Å². The minimum atomic E-state index is 0.221. The van der Waals surface area contributed by atoms with Gasteiger partial charge in [-0.05, 0) is 18.8 Å². The normalized spacial score (nSPS) is 23.1. The number of thiazole rings is 1. The zero-order valence-electron chi connectivity index (χ0n) is 9.82. The highest BCUT2D eigenvalue weighted by Crippen LogP contribution is 2.37. The molecule has 0 aliphatic heterocycles. The van der Waals surface area contributed by atoms with E-state index in [1.807, 2.05) is 0 Å². The molecular weight excluding hydrogens is 220 g/mol. The quantitative estimate of drug-likeness (QED) is 0.852. The molecule has 2 rings (SSSR count). The molecule has 88 valence electrons. The summed E-state index contributed by atoms with van der Waals surface area (Å²) in [6, 6.07) is 0.